The first-order valence-corrected chi connectivity index (χ1v) is 5.91. The van der Waals surface area contributed by atoms with Gasteiger partial charge in [-0.15, -0.1) is 0 Å². The maximum absolute atomic E-state index is 8.69. The van der Waals surface area contributed by atoms with Crippen molar-refractivity contribution in [3.8, 4) is 0 Å². The predicted molar refractivity (Wildman–Crippen MR) is 59.5 cm³/mol. The normalized spacial score (nSPS) is 24.1. The third-order valence-electron chi connectivity index (χ3n) is 3.28. The number of aryl methyl sites for hydroxylation is 1. The highest BCUT2D eigenvalue weighted by Gasteiger charge is 2.34. The zero-order chi connectivity index (χ0) is 10.7. The summed E-state index contributed by atoms with van der Waals surface area (Å²) in [6.07, 6.45) is 7.64. The fraction of sp³-hybridized carbons (Fsp3) is 0.615. The van der Waals surface area contributed by atoms with Gasteiger partial charge in [0.2, 0.25) is 0 Å². The fourth-order valence-corrected chi connectivity index (χ4v) is 2.06. The molecule has 2 nitrogen and oxygen atoms in total. The van der Waals surface area contributed by atoms with E-state index in [2.05, 4.69) is 36.0 Å². The van der Waals surface area contributed by atoms with E-state index in [-0.39, 0.29) is 0 Å². The van der Waals surface area contributed by atoms with Gasteiger partial charge in [0.05, 0.1) is 0 Å². The first-order chi connectivity index (χ1) is 7.31. The number of aromatic nitrogens is 1. The minimum absolute atomic E-state index is 0.304. The van der Waals surface area contributed by atoms with Crippen LogP contribution in [0.15, 0.2) is 24.5 Å². The number of rotatable bonds is 5. The Bertz CT molecular complexity index is 307. The van der Waals surface area contributed by atoms with Crippen molar-refractivity contribution in [3.05, 3.63) is 30.1 Å². The Kier molecular flexibility index (Phi) is 3.37. The van der Waals surface area contributed by atoms with Crippen molar-refractivity contribution in [3.63, 3.8) is 0 Å². The summed E-state index contributed by atoms with van der Waals surface area (Å²) in [7, 11) is 0. The number of hydrogen-bond donors (Lipinski definition) is 1. The van der Waals surface area contributed by atoms with E-state index in [0.29, 0.717) is 6.61 Å². The maximum atomic E-state index is 8.69. The lowest BCUT2D eigenvalue weighted by atomic mass is 10.1. The van der Waals surface area contributed by atoms with Gasteiger partial charge in [0, 0.05) is 25.2 Å². The summed E-state index contributed by atoms with van der Waals surface area (Å²) in [5.41, 5.74) is 1.49. The molecule has 0 bridgehead atoms. The largest absolute Gasteiger partial charge is 0.396 e. The highest BCUT2D eigenvalue weighted by atomic mass is 16.2. The van der Waals surface area contributed by atoms with Crippen molar-refractivity contribution < 1.29 is 9.67 Å². The molecule has 1 aromatic rings. The Morgan fingerprint density at radius 1 is 1.33 bits per heavy atom. The fourth-order valence-electron chi connectivity index (χ4n) is 2.06. The van der Waals surface area contributed by atoms with Crippen molar-refractivity contribution >= 4 is 0 Å². The Hall–Kier alpha value is -0.890. The molecule has 1 unspecified atom stereocenters. The van der Waals surface area contributed by atoms with Crippen LogP contribution in [0, 0.1) is 5.92 Å². The molecule has 0 saturated heterocycles. The Labute approximate surface area is 91.6 Å². The second kappa shape index (κ2) is 4.75. The zero-order valence-corrected chi connectivity index (χ0v) is 9.39. The first kappa shape index (κ1) is 10.6. The molecule has 82 valence electrons. The van der Waals surface area contributed by atoms with Crippen LogP contribution in [-0.4, -0.2) is 11.7 Å². The van der Waals surface area contributed by atoms with Crippen LogP contribution in [-0.2, 0) is 6.54 Å². The molecule has 0 aromatic carbocycles. The monoisotopic (exact) mass is 206 g/mol. The second-order valence-electron chi connectivity index (χ2n) is 4.62. The van der Waals surface area contributed by atoms with E-state index >= 15 is 0 Å². The molecule has 0 aliphatic heterocycles. The Morgan fingerprint density at radius 2 is 2.00 bits per heavy atom. The summed E-state index contributed by atoms with van der Waals surface area (Å²) in [6, 6.07) is 4.49. The van der Waals surface area contributed by atoms with Crippen molar-refractivity contribution in [2.45, 2.75) is 38.6 Å². The molecule has 1 fully saturated rings. The molecule has 1 heterocycles. The molecule has 2 rings (SSSR count). The van der Waals surface area contributed by atoms with Gasteiger partial charge < -0.3 is 5.11 Å². The molecule has 15 heavy (non-hydrogen) atoms. The molecule has 0 amide bonds. The molecular weight excluding hydrogens is 186 g/mol. The van der Waals surface area contributed by atoms with Crippen LogP contribution in [0.3, 0.4) is 0 Å². The van der Waals surface area contributed by atoms with E-state index in [1.165, 1.54) is 12.0 Å². The van der Waals surface area contributed by atoms with E-state index in [9.17, 15) is 0 Å². The van der Waals surface area contributed by atoms with Crippen LogP contribution in [0.5, 0.6) is 0 Å². The summed E-state index contributed by atoms with van der Waals surface area (Å²) in [4.78, 5) is 0. The Morgan fingerprint density at radius 3 is 2.53 bits per heavy atom. The molecule has 1 aliphatic carbocycles. The van der Waals surface area contributed by atoms with Crippen LogP contribution in [0.4, 0.5) is 0 Å². The highest BCUT2D eigenvalue weighted by molar-refractivity contribution is 5.21. The topological polar surface area (TPSA) is 24.1 Å². The quantitative estimate of drug-likeness (QED) is 0.577. The van der Waals surface area contributed by atoms with Gasteiger partial charge in [-0.25, -0.2) is 4.57 Å². The van der Waals surface area contributed by atoms with Gasteiger partial charge in [-0.05, 0) is 30.2 Å². The van der Waals surface area contributed by atoms with E-state index in [1.54, 1.807) is 0 Å². The smallest absolute Gasteiger partial charge is 0.169 e. The molecule has 2 atom stereocenters. The van der Waals surface area contributed by atoms with Gasteiger partial charge in [-0.3, -0.25) is 0 Å². The molecule has 0 radical (unpaired) electrons. The standard InChI is InChI=1S/C13H20NO/c1-11-10-13(11)12-4-7-14(8-5-12)6-2-3-9-15/h4-5,7-8,11,13,15H,2-3,6,9-10H2,1H3/q+1/t11-,13?/m0/s1. The van der Waals surface area contributed by atoms with Crippen LogP contribution in [0.2, 0.25) is 0 Å². The number of unbranched alkanes of at least 4 members (excludes halogenated alkanes) is 1. The van der Waals surface area contributed by atoms with Crippen LogP contribution < -0.4 is 4.57 Å². The second-order valence-corrected chi connectivity index (χ2v) is 4.62. The lowest BCUT2D eigenvalue weighted by Crippen LogP contribution is -2.32. The first-order valence-electron chi connectivity index (χ1n) is 5.91. The van der Waals surface area contributed by atoms with E-state index in [4.69, 9.17) is 5.11 Å². The average molecular weight is 206 g/mol. The minimum Gasteiger partial charge on any atom is -0.396 e. The van der Waals surface area contributed by atoms with Crippen LogP contribution in [0.1, 0.15) is 37.7 Å². The van der Waals surface area contributed by atoms with Gasteiger partial charge in [-0.1, -0.05) is 6.92 Å². The van der Waals surface area contributed by atoms with Crippen molar-refractivity contribution in [1.29, 1.82) is 0 Å². The van der Waals surface area contributed by atoms with Gasteiger partial charge in [-0.2, -0.15) is 0 Å². The molecule has 2 heteroatoms. The maximum Gasteiger partial charge on any atom is 0.169 e. The van der Waals surface area contributed by atoms with E-state index < -0.39 is 0 Å². The number of pyridine rings is 1. The minimum atomic E-state index is 0.304. The summed E-state index contributed by atoms with van der Waals surface area (Å²) >= 11 is 0. The van der Waals surface area contributed by atoms with Gasteiger partial charge in [0.15, 0.2) is 12.4 Å². The van der Waals surface area contributed by atoms with E-state index in [1.807, 2.05) is 0 Å². The Balaban J connectivity index is 1.87. The SMILES string of the molecule is C[C@H]1CC1c1cc[n+](CCCCO)cc1. The van der Waals surface area contributed by atoms with Crippen molar-refractivity contribution in [2.24, 2.45) is 5.92 Å². The van der Waals surface area contributed by atoms with Crippen LogP contribution in [0.25, 0.3) is 0 Å². The third kappa shape index (κ3) is 2.78. The van der Waals surface area contributed by atoms with E-state index in [0.717, 1.165) is 31.2 Å². The van der Waals surface area contributed by atoms with Gasteiger partial charge in [0.1, 0.15) is 6.54 Å². The molecule has 1 aromatic heterocycles. The number of aliphatic hydroxyl groups is 1. The summed E-state index contributed by atoms with van der Waals surface area (Å²) in [6.45, 7) is 3.63. The lowest BCUT2D eigenvalue weighted by molar-refractivity contribution is -0.697. The predicted octanol–water partition coefficient (Wildman–Crippen LogP) is 1.87. The molecule has 1 N–H and O–H groups in total. The third-order valence-corrected chi connectivity index (χ3v) is 3.28. The molecule has 1 saturated carbocycles. The number of nitrogens with zero attached hydrogens (tertiary/aromatic N) is 1. The molecule has 1 aliphatic rings. The summed E-state index contributed by atoms with van der Waals surface area (Å²) in [5.74, 6) is 1.70. The molecule has 0 spiro atoms. The van der Waals surface area contributed by atoms with Crippen LogP contribution >= 0.6 is 0 Å². The van der Waals surface area contributed by atoms with Crippen molar-refractivity contribution in [1.82, 2.24) is 0 Å². The highest BCUT2D eigenvalue weighted by Crippen LogP contribution is 2.46. The summed E-state index contributed by atoms with van der Waals surface area (Å²) < 4.78 is 2.20. The van der Waals surface area contributed by atoms with Gasteiger partial charge in [0.25, 0.3) is 0 Å². The molecular formula is C13H20NO+. The average Bonchev–Trinajstić information content (AvgIpc) is 2.97. The summed E-state index contributed by atoms with van der Waals surface area (Å²) in [5, 5.41) is 8.69. The lowest BCUT2D eigenvalue weighted by Gasteiger charge is -1.98. The zero-order valence-electron chi connectivity index (χ0n) is 9.39. The number of aliphatic hydroxyl groups excluding tert-OH is 1. The van der Waals surface area contributed by atoms with Crippen molar-refractivity contribution in [2.75, 3.05) is 6.61 Å². The van der Waals surface area contributed by atoms with Gasteiger partial charge >= 0.3 is 0 Å². The number of hydrogen-bond acceptors (Lipinski definition) is 1.